The summed E-state index contributed by atoms with van der Waals surface area (Å²) >= 11 is 0. The van der Waals surface area contributed by atoms with Gasteiger partial charge in [0.05, 0.1) is 0 Å². The Morgan fingerprint density at radius 1 is 0.828 bits per heavy atom. The van der Waals surface area contributed by atoms with E-state index in [1.807, 2.05) is 45.9 Å². The van der Waals surface area contributed by atoms with Gasteiger partial charge < -0.3 is 14.7 Å². The predicted molar refractivity (Wildman–Crippen MR) is 113 cm³/mol. The largest absolute Gasteiger partial charge is 0.343 e. The summed E-state index contributed by atoms with van der Waals surface area (Å²) in [5.41, 5.74) is 1.94. The molecule has 6 nitrogen and oxygen atoms in total. The average molecular weight is 400 g/mol. The third-order valence-electron chi connectivity index (χ3n) is 6.15. The van der Waals surface area contributed by atoms with Crippen molar-refractivity contribution in [2.24, 2.45) is 5.92 Å². The van der Waals surface area contributed by atoms with Crippen LogP contribution in [0.4, 0.5) is 0 Å². The van der Waals surface area contributed by atoms with Gasteiger partial charge >= 0.3 is 0 Å². The van der Waals surface area contributed by atoms with Gasteiger partial charge in [-0.3, -0.25) is 14.4 Å². The van der Waals surface area contributed by atoms with Crippen molar-refractivity contribution in [1.82, 2.24) is 14.7 Å². The number of nitrogens with zero attached hydrogens (tertiary/aromatic N) is 3. The van der Waals surface area contributed by atoms with E-state index >= 15 is 0 Å². The fourth-order valence-electron chi connectivity index (χ4n) is 4.20. The summed E-state index contributed by atoms with van der Waals surface area (Å²) in [6.07, 6.45) is 3.91. The Labute approximate surface area is 173 Å². The van der Waals surface area contributed by atoms with Gasteiger partial charge in [0.25, 0.3) is 5.91 Å². The molecular formula is C23H33N3O3. The zero-order valence-corrected chi connectivity index (χ0v) is 17.7. The smallest absolute Gasteiger partial charge is 0.253 e. The van der Waals surface area contributed by atoms with Crippen molar-refractivity contribution >= 4 is 17.7 Å². The number of amides is 3. The first-order valence-electron chi connectivity index (χ1n) is 11.0. The van der Waals surface area contributed by atoms with Gasteiger partial charge in [0.15, 0.2) is 0 Å². The lowest BCUT2D eigenvalue weighted by atomic mass is 9.94. The number of likely N-dealkylation sites (tertiary alicyclic amines) is 1. The van der Waals surface area contributed by atoms with E-state index in [0.29, 0.717) is 51.3 Å². The Kier molecular flexibility index (Phi) is 7.29. The van der Waals surface area contributed by atoms with Crippen molar-refractivity contribution in [3.05, 3.63) is 35.4 Å². The van der Waals surface area contributed by atoms with Crippen LogP contribution in [0.1, 0.15) is 55.5 Å². The van der Waals surface area contributed by atoms with Gasteiger partial charge in [0.2, 0.25) is 11.8 Å². The molecule has 1 aromatic rings. The zero-order valence-electron chi connectivity index (χ0n) is 17.7. The fraction of sp³-hybridized carbons (Fsp3) is 0.609. The Morgan fingerprint density at radius 3 is 1.97 bits per heavy atom. The van der Waals surface area contributed by atoms with E-state index in [4.69, 9.17) is 0 Å². The first-order valence-corrected chi connectivity index (χ1v) is 11.0. The Morgan fingerprint density at radius 2 is 1.41 bits per heavy atom. The molecule has 2 aliphatic rings. The molecule has 2 heterocycles. The van der Waals surface area contributed by atoms with Crippen LogP contribution in [0.25, 0.3) is 0 Å². The summed E-state index contributed by atoms with van der Waals surface area (Å²) in [4.78, 5) is 43.3. The lowest BCUT2D eigenvalue weighted by molar-refractivity contribution is -0.141. The van der Waals surface area contributed by atoms with Gasteiger partial charge in [-0.25, -0.2) is 0 Å². The summed E-state index contributed by atoms with van der Waals surface area (Å²) in [6.45, 7) is 7.81. The van der Waals surface area contributed by atoms with Gasteiger partial charge in [-0.15, -0.1) is 0 Å². The highest BCUT2D eigenvalue weighted by molar-refractivity contribution is 5.94. The molecule has 1 aromatic carbocycles. The Hall–Kier alpha value is -2.37. The Bertz CT molecular complexity index is 715. The van der Waals surface area contributed by atoms with Crippen LogP contribution < -0.4 is 0 Å². The maximum absolute atomic E-state index is 12.9. The maximum atomic E-state index is 12.9. The molecule has 0 atom stereocenters. The van der Waals surface area contributed by atoms with E-state index < -0.39 is 0 Å². The Balaban J connectivity index is 1.47. The summed E-state index contributed by atoms with van der Waals surface area (Å²) in [5, 5.41) is 0. The molecule has 0 bridgehead atoms. The van der Waals surface area contributed by atoms with Gasteiger partial charge in [0, 0.05) is 57.2 Å². The first kappa shape index (κ1) is 21.3. The minimum atomic E-state index is 0.00418. The molecular weight excluding hydrogens is 366 g/mol. The number of carbonyl (C=O) groups excluding carboxylic acids is 3. The molecule has 0 aliphatic carbocycles. The molecule has 158 valence electrons. The van der Waals surface area contributed by atoms with E-state index in [2.05, 4.69) is 6.92 Å². The van der Waals surface area contributed by atoms with Crippen molar-refractivity contribution in [3.63, 3.8) is 0 Å². The SMILES string of the molecule is CCCC(=O)N1CCC(C(=O)N2CCN(C(=O)c3ccc(CC)cc3)CC2)CC1. The van der Waals surface area contributed by atoms with Crippen LogP contribution in [0.15, 0.2) is 24.3 Å². The highest BCUT2D eigenvalue weighted by atomic mass is 16.2. The van der Waals surface area contributed by atoms with E-state index in [1.54, 1.807) is 0 Å². The number of aryl methyl sites for hydroxylation is 1. The zero-order chi connectivity index (χ0) is 20.8. The molecule has 29 heavy (non-hydrogen) atoms. The summed E-state index contributed by atoms with van der Waals surface area (Å²) in [5.74, 6) is 0.441. The van der Waals surface area contributed by atoms with Crippen LogP contribution in [0.3, 0.4) is 0 Å². The van der Waals surface area contributed by atoms with E-state index in [9.17, 15) is 14.4 Å². The number of piperazine rings is 1. The normalized spacial score (nSPS) is 18.1. The minimum Gasteiger partial charge on any atom is -0.343 e. The third kappa shape index (κ3) is 5.17. The molecule has 0 N–H and O–H groups in total. The van der Waals surface area contributed by atoms with Crippen LogP contribution in [0.5, 0.6) is 0 Å². The molecule has 6 heteroatoms. The molecule has 0 radical (unpaired) electrons. The standard InChI is InChI=1S/C23H33N3O3/c1-3-5-21(27)24-12-10-20(11-13-24)23(29)26-16-14-25(15-17-26)22(28)19-8-6-18(4-2)7-9-19/h6-9,20H,3-5,10-17H2,1-2H3. The molecule has 0 unspecified atom stereocenters. The van der Waals surface area contributed by atoms with Gasteiger partial charge in [-0.05, 0) is 43.4 Å². The average Bonchev–Trinajstić information content (AvgIpc) is 2.78. The summed E-state index contributed by atoms with van der Waals surface area (Å²) in [6, 6.07) is 7.80. The summed E-state index contributed by atoms with van der Waals surface area (Å²) < 4.78 is 0. The first-order chi connectivity index (χ1) is 14.0. The van der Waals surface area contributed by atoms with Crippen molar-refractivity contribution in [2.75, 3.05) is 39.3 Å². The number of rotatable bonds is 5. The molecule has 0 aromatic heterocycles. The van der Waals surface area contributed by atoms with Crippen LogP contribution >= 0.6 is 0 Å². The van der Waals surface area contributed by atoms with E-state index in [1.165, 1.54) is 5.56 Å². The van der Waals surface area contributed by atoms with E-state index in [-0.39, 0.29) is 23.6 Å². The van der Waals surface area contributed by atoms with Crippen LogP contribution in [-0.4, -0.2) is 71.7 Å². The van der Waals surface area contributed by atoms with Crippen LogP contribution in [0, 0.1) is 5.92 Å². The maximum Gasteiger partial charge on any atom is 0.253 e. The fourth-order valence-corrected chi connectivity index (χ4v) is 4.20. The molecule has 3 rings (SSSR count). The van der Waals surface area contributed by atoms with Crippen molar-refractivity contribution in [3.8, 4) is 0 Å². The van der Waals surface area contributed by atoms with E-state index in [0.717, 1.165) is 25.7 Å². The number of benzene rings is 1. The van der Waals surface area contributed by atoms with Crippen LogP contribution in [-0.2, 0) is 16.0 Å². The molecule has 3 amide bonds. The van der Waals surface area contributed by atoms with Gasteiger partial charge in [-0.1, -0.05) is 26.0 Å². The number of hydrogen-bond donors (Lipinski definition) is 0. The highest BCUT2D eigenvalue weighted by Gasteiger charge is 2.32. The summed E-state index contributed by atoms with van der Waals surface area (Å²) in [7, 11) is 0. The molecule has 0 saturated carbocycles. The third-order valence-corrected chi connectivity index (χ3v) is 6.15. The number of carbonyl (C=O) groups is 3. The molecule has 0 spiro atoms. The molecule has 2 aliphatic heterocycles. The monoisotopic (exact) mass is 399 g/mol. The van der Waals surface area contributed by atoms with Gasteiger partial charge in [-0.2, -0.15) is 0 Å². The predicted octanol–water partition coefficient (Wildman–Crippen LogP) is 2.57. The second kappa shape index (κ2) is 9.90. The van der Waals surface area contributed by atoms with Crippen LogP contribution in [0.2, 0.25) is 0 Å². The van der Waals surface area contributed by atoms with Crippen molar-refractivity contribution in [1.29, 1.82) is 0 Å². The lowest BCUT2D eigenvalue weighted by Gasteiger charge is -2.38. The minimum absolute atomic E-state index is 0.00418. The van der Waals surface area contributed by atoms with Gasteiger partial charge in [0.1, 0.15) is 0 Å². The van der Waals surface area contributed by atoms with Crippen molar-refractivity contribution < 1.29 is 14.4 Å². The number of hydrogen-bond acceptors (Lipinski definition) is 3. The lowest BCUT2D eigenvalue weighted by Crippen LogP contribution is -2.53. The molecule has 2 fully saturated rings. The molecule has 2 saturated heterocycles. The second-order valence-electron chi connectivity index (χ2n) is 8.07. The highest BCUT2D eigenvalue weighted by Crippen LogP contribution is 2.21. The quantitative estimate of drug-likeness (QED) is 0.765. The second-order valence-corrected chi connectivity index (χ2v) is 8.07. The van der Waals surface area contributed by atoms with Crippen molar-refractivity contribution in [2.45, 2.75) is 46.0 Å². The topological polar surface area (TPSA) is 60.9 Å². The number of piperidine rings is 1.